The average molecular weight is 390 g/mol. The number of carbonyl (C=O) groups excluding carboxylic acids is 1. The van der Waals surface area contributed by atoms with Crippen LogP contribution < -0.4 is 10.1 Å². The molecule has 0 fully saturated rings. The lowest BCUT2D eigenvalue weighted by atomic mass is 10.2. The summed E-state index contributed by atoms with van der Waals surface area (Å²) in [5.41, 5.74) is 1.03. The van der Waals surface area contributed by atoms with Crippen molar-refractivity contribution in [2.75, 3.05) is 6.26 Å². The molecule has 0 aliphatic rings. The van der Waals surface area contributed by atoms with E-state index in [1.165, 1.54) is 17.8 Å². The Bertz CT molecular complexity index is 789. The van der Waals surface area contributed by atoms with Crippen LogP contribution in [0.15, 0.2) is 23.5 Å². The number of ether oxygens (including phenoxy) is 1. The first-order chi connectivity index (χ1) is 12.2. The molecule has 0 bridgehead atoms. The third-order valence-corrected chi connectivity index (χ3v) is 3.71. The number of halogens is 4. The Hall–Kier alpha value is -2.43. The molecule has 0 saturated heterocycles. The number of pyridine rings is 1. The van der Waals surface area contributed by atoms with Gasteiger partial charge in [-0.3, -0.25) is 4.79 Å². The van der Waals surface area contributed by atoms with Gasteiger partial charge in [0.05, 0.1) is 17.9 Å². The Kier molecular flexibility index (Phi) is 6.35. The van der Waals surface area contributed by atoms with E-state index in [4.69, 9.17) is 0 Å². The highest BCUT2D eigenvalue weighted by atomic mass is 32.2. The second-order valence-corrected chi connectivity index (χ2v) is 5.82. The Labute approximate surface area is 150 Å². The molecular weight excluding hydrogens is 376 g/mol. The van der Waals surface area contributed by atoms with Crippen LogP contribution in [0, 0.1) is 5.82 Å². The monoisotopic (exact) mass is 390 g/mol. The number of thioether (sulfide) groups is 1. The predicted molar refractivity (Wildman–Crippen MR) is 86.1 cm³/mol. The summed E-state index contributed by atoms with van der Waals surface area (Å²) in [5, 5.41) is 2.84. The van der Waals surface area contributed by atoms with Gasteiger partial charge in [-0.25, -0.2) is 19.3 Å². The Morgan fingerprint density at radius 1 is 1.35 bits per heavy atom. The molecule has 0 unspecified atom stereocenters. The number of amides is 1. The molecule has 1 amide bonds. The van der Waals surface area contributed by atoms with Gasteiger partial charge in [0.2, 0.25) is 6.41 Å². The molecule has 140 valence electrons. The van der Waals surface area contributed by atoms with Crippen molar-refractivity contribution in [2.45, 2.75) is 30.9 Å². The SMILES string of the molecule is CSc1nc(CNC=O)cc(-c2cnc(O[C@H](C)C(F)(F)F)c(F)c2)n1. The number of hydrogen-bond donors (Lipinski definition) is 1. The molecule has 0 radical (unpaired) electrons. The molecule has 11 heteroatoms. The summed E-state index contributed by atoms with van der Waals surface area (Å²) >= 11 is 1.24. The Morgan fingerprint density at radius 2 is 2.08 bits per heavy atom. The predicted octanol–water partition coefficient (Wildman–Crippen LogP) is 2.98. The Balaban J connectivity index is 2.31. The smallest absolute Gasteiger partial charge is 0.425 e. The molecular formula is C15H14F4N4O2S. The minimum absolute atomic E-state index is 0.146. The fraction of sp³-hybridized carbons (Fsp3) is 0.333. The topological polar surface area (TPSA) is 77.0 Å². The highest BCUT2D eigenvalue weighted by Gasteiger charge is 2.38. The van der Waals surface area contributed by atoms with Crippen LogP contribution in [0.1, 0.15) is 12.6 Å². The molecule has 0 aliphatic heterocycles. The van der Waals surface area contributed by atoms with Gasteiger partial charge in [-0.15, -0.1) is 0 Å². The van der Waals surface area contributed by atoms with Gasteiger partial charge in [0, 0.05) is 11.8 Å². The van der Waals surface area contributed by atoms with Crippen molar-refractivity contribution in [3.05, 3.63) is 29.8 Å². The second-order valence-electron chi connectivity index (χ2n) is 5.04. The van der Waals surface area contributed by atoms with Crippen molar-refractivity contribution < 1.29 is 27.1 Å². The maximum absolute atomic E-state index is 14.1. The van der Waals surface area contributed by atoms with Crippen LogP contribution >= 0.6 is 11.8 Å². The van der Waals surface area contributed by atoms with E-state index >= 15 is 0 Å². The summed E-state index contributed by atoms with van der Waals surface area (Å²) in [6, 6.07) is 2.50. The van der Waals surface area contributed by atoms with E-state index in [1.54, 1.807) is 6.26 Å². The third kappa shape index (κ3) is 5.04. The van der Waals surface area contributed by atoms with Crippen LogP contribution in [0.5, 0.6) is 5.88 Å². The van der Waals surface area contributed by atoms with E-state index in [9.17, 15) is 22.4 Å². The van der Waals surface area contributed by atoms with Crippen LogP contribution in [-0.2, 0) is 11.3 Å². The molecule has 2 heterocycles. The second kappa shape index (κ2) is 8.30. The van der Waals surface area contributed by atoms with Crippen molar-refractivity contribution in [3.8, 4) is 17.1 Å². The van der Waals surface area contributed by atoms with E-state index in [2.05, 4.69) is 25.0 Å². The number of carbonyl (C=O) groups is 1. The molecule has 1 N–H and O–H groups in total. The fourth-order valence-electron chi connectivity index (χ4n) is 1.84. The average Bonchev–Trinajstić information content (AvgIpc) is 2.60. The highest BCUT2D eigenvalue weighted by Crippen LogP contribution is 2.28. The summed E-state index contributed by atoms with van der Waals surface area (Å²) in [4.78, 5) is 22.4. The van der Waals surface area contributed by atoms with E-state index < -0.39 is 24.0 Å². The zero-order valence-corrected chi connectivity index (χ0v) is 14.5. The maximum atomic E-state index is 14.1. The largest absolute Gasteiger partial charge is 0.463 e. The van der Waals surface area contributed by atoms with Crippen molar-refractivity contribution in [1.82, 2.24) is 20.3 Å². The molecule has 2 aromatic heterocycles. The summed E-state index contributed by atoms with van der Waals surface area (Å²) in [6.45, 7) is 0.906. The van der Waals surface area contributed by atoms with E-state index in [-0.39, 0.29) is 12.1 Å². The first-order valence-electron chi connectivity index (χ1n) is 7.23. The van der Waals surface area contributed by atoms with Crippen molar-refractivity contribution in [1.29, 1.82) is 0 Å². The minimum atomic E-state index is -4.63. The molecule has 26 heavy (non-hydrogen) atoms. The van der Waals surface area contributed by atoms with E-state index in [0.29, 0.717) is 23.0 Å². The summed E-state index contributed by atoms with van der Waals surface area (Å²) in [7, 11) is 0. The zero-order chi connectivity index (χ0) is 19.3. The van der Waals surface area contributed by atoms with Crippen molar-refractivity contribution >= 4 is 18.2 Å². The lowest BCUT2D eigenvalue weighted by Gasteiger charge is -2.17. The van der Waals surface area contributed by atoms with Crippen LogP contribution in [0.2, 0.25) is 0 Å². The first kappa shape index (κ1) is 19.9. The molecule has 2 aromatic rings. The number of alkyl halides is 3. The van der Waals surface area contributed by atoms with Crippen LogP contribution in [0.3, 0.4) is 0 Å². The normalized spacial score (nSPS) is 12.5. The van der Waals surface area contributed by atoms with Crippen molar-refractivity contribution in [2.24, 2.45) is 0 Å². The third-order valence-electron chi connectivity index (χ3n) is 3.16. The van der Waals surface area contributed by atoms with Gasteiger partial charge >= 0.3 is 6.18 Å². The van der Waals surface area contributed by atoms with E-state index in [0.717, 1.165) is 19.2 Å². The lowest BCUT2D eigenvalue weighted by molar-refractivity contribution is -0.190. The summed E-state index contributed by atoms with van der Waals surface area (Å²) in [5.74, 6) is -1.80. The molecule has 1 atom stereocenters. The maximum Gasteiger partial charge on any atom is 0.425 e. The molecule has 0 aliphatic carbocycles. The summed E-state index contributed by atoms with van der Waals surface area (Å²) in [6.07, 6.45) is -3.42. The van der Waals surface area contributed by atoms with Crippen LogP contribution in [0.25, 0.3) is 11.3 Å². The molecule has 2 rings (SSSR count). The van der Waals surface area contributed by atoms with Crippen LogP contribution in [0.4, 0.5) is 17.6 Å². The molecule has 0 aromatic carbocycles. The van der Waals surface area contributed by atoms with Crippen molar-refractivity contribution in [3.63, 3.8) is 0 Å². The Morgan fingerprint density at radius 3 is 2.65 bits per heavy atom. The van der Waals surface area contributed by atoms with Gasteiger partial charge in [0.1, 0.15) is 0 Å². The summed E-state index contributed by atoms with van der Waals surface area (Å²) < 4.78 is 56.2. The van der Waals surface area contributed by atoms with Gasteiger partial charge in [-0.2, -0.15) is 13.2 Å². The fourth-order valence-corrected chi connectivity index (χ4v) is 2.23. The van der Waals surface area contributed by atoms with Gasteiger partial charge in [-0.1, -0.05) is 11.8 Å². The standard InChI is InChI=1S/C15H14F4N4O2S/c1-8(15(17,18)19)25-13-11(16)3-9(5-21-13)12-4-10(6-20-7-24)22-14(23-12)26-2/h3-5,7-8H,6H2,1-2H3,(H,20,24)/t8-/m1/s1. The minimum Gasteiger partial charge on any atom is -0.463 e. The number of aromatic nitrogens is 3. The highest BCUT2D eigenvalue weighted by molar-refractivity contribution is 7.98. The van der Waals surface area contributed by atoms with E-state index in [1.807, 2.05) is 0 Å². The van der Waals surface area contributed by atoms with Gasteiger partial charge < -0.3 is 10.1 Å². The number of nitrogens with one attached hydrogen (secondary N) is 1. The zero-order valence-electron chi connectivity index (χ0n) is 13.7. The number of hydrogen-bond acceptors (Lipinski definition) is 6. The lowest BCUT2D eigenvalue weighted by Crippen LogP contribution is -2.31. The number of rotatable bonds is 7. The molecule has 0 spiro atoms. The van der Waals surface area contributed by atoms with Gasteiger partial charge in [-0.05, 0) is 25.3 Å². The molecule has 6 nitrogen and oxygen atoms in total. The first-order valence-corrected chi connectivity index (χ1v) is 8.45. The van der Waals surface area contributed by atoms with Crippen LogP contribution in [-0.4, -0.2) is 39.9 Å². The van der Waals surface area contributed by atoms with Gasteiger partial charge in [0.15, 0.2) is 17.1 Å². The number of nitrogens with zero attached hydrogens (tertiary/aromatic N) is 3. The quantitative estimate of drug-likeness (QED) is 0.339. The van der Waals surface area contributed by atoms with Gasteiger partial charge in [0.25, 0.3) is 5.88 Å². The molecule has 0 saturated carbocycles.